The second-order valence-electron chi connectivity index (χ2n) is 4.51. The summed E-state index contributed by atoms with van der Waals surface area (Å²) in [5.74, 6) is -2.11. The van der Waals surface area contributed by atoms with Crippen LogP contribution in [0.4, 0.5) is 26.3 Å². The van der Waals surface area contributed by atoms with Crippen molar-refractivity contribution < 1.29 is 26.3 Å². The van der Waals surface area contributed by atoms with Crippen LogP contribution in [0.3, 0.4) is 0 Å². The van der Waals surface area contributed by atoms with Crippen molar-refractivity contribution in [1.29, 1.82) is 0 Å². The third kappa shape index (κ3) is 3.23. The molecule has 1 aromatic carbocycles. The lowest BCUT2D eigenvalue weighted by molar-refractivity contribution is -0.165. The van der Waals surface area contributed by atoms with Crippen LogP contribution in [0.1, 0.15) is 12.0 Å². The molecule has 0 aliphatic heterocycles. The maximum absolute atomic E-state index is 12.8. The highest BCUT2D eigenvalue weighted by atomic mass is 19.4. The zero-order chi connectivity index (χ0) is 15.0. The third-order valence-electron chi connectivity index (χ3n) is 3.04. The van der Waals surface area contributed by atoms with Gasteiger partial charge in [-0.2, -0.15) is 26.3 Å². The number of rotatable bonds is 1. The SMILES string of the molecule is FC(F)(F)C1=CC(c2ccccc2)=CC(C(F)(F)F)C1. The Bertz CT molecular complexity index is 533. The van der Waals surface area contributed by atoms with Gasteiger partial charge in [0.1, 0.15) is 0 Å². The predicted molar refractivity (Wildman–Crippen MR) is 62.7 cm³/mol. The van der Waals surface area contributed by atoms with Gasteiger partial charge in [0.15, 0.2) is 0 Å². The van der Waals surface area contributed by atoms with Gasteiger partial charge < -0.3 is 0 Å². The van der Waals surface area contributed by atoms with Crippen LogP contribution >= 0.6 is 0 Å². The fraction of sp³-hybridized carbons (Fsp3) is 0.286. The topological polar surface area (TPSA) is 0 Å². The van der Waals surface area contributed by atoms with Gasteiger partial charge >= 0.3 is 12.4 Å². The molecule has 1 unspecified atom stereocenters. The lowest BCUT2D eigenvalue weighted by Crippen LogP contribution is -2.27. The fourth-order valence-corrected chi connectivity index (χ4v) is 2.03. The first-order chi connectivity index (χ1) is 9.18. The highest BCUT2D eigenvalue weighted by molar-refractivity contribution is 5.76. The van der Waals surface area contributed by atoms with E-state index in [-0.39, 0.29) is 5.57 Å². The predicted octanol–water partition coefficient (Wildman–Crippen LogP) is 5.14. The Hall–Kier alpha value is -1.72. The van der Waals surface area contributed by atoms with Gasteiger partial charge in [-0.3, -0.25) is 0 Å². The highest BCUT2D eigenvalue weighted by Crippen LogP contribution is 2.43. The number of alkyl halides is 6. The lowest BCUT2D eigenvalue weighted by atomic mass is 9.87. The van der Waals surface area contributed by atoms with Crippen molar-refractivity contribution in [2.24, 2.45) is 5.92 Å². The van der Waals surface area contributed by atoms with E-state index in [2.05, 4.69) is 0 Å². The Labute approximate surface area is 111 Å². The van der Waals surface area contributed by atoms with Gasteiger partial charge in [-0.1, -0.05) is 36.4 Å². The van der Waals surface area contributed by atoms with Crippen LogP contribution in [0.2, 0.25) is 0 Å². The van der Waals surface area contributed by atoms with Crippen LogP contribution in [0.5, 0.6) is 0 Å². The van der Waals surface area contributed by atoms with Crippen LogP contribution in [0.25, 0.3) is 5.57 Å². The molecule has 1 aliphatic carbocycles. The number of hydrogen-bond donors (Lipinski definition) is 0. The van der Waals surface area contributed by atoms with Crippen LogP contribution in [0.15, 0.2) is 48.1 Å². The minimum Gasteiger partial charge on any atom is -0.170 e. The molecule has 0 saturated heterocycles. The molecule has 0 aromatic heterocycles. The number of halogens is 6. The average Bonchev–Trinajstić information content (AvgIpc) is 2.37. The molecular weight excluding hydrogens is 282 g/mol. The van der Waals surface area contributed by atoms with Gasteiger partial charge in [-0.25, -0.2) is 0 Å². The molecule has 0 N–H and O–H groups in total. The van der Waals surface area contributed by atoms with E-state index in [1.165, 1.54) is 12.1 Å². The molecule has 108 valence electrons. The molecule has 0 radical (unpaired) electrons. The molecule has 0 bridgehead atoms. The molecule has 0 amide bonds. The van der Waals surface area contributed by atoms with E-state index < -0.39 is 30.3 Å². The normalized spacial score (nSPS) is 20.4. The van der Waals surface area contributed by atoms with E-state index >= 15 is 0 Å². The average molecular weight is 292 g/mol. The maximum Gasteiger partial charge on any atom is 0.412 e. The highest BCUT2D eigenvalue weighted by Gasteiger charge is 2.45. The molecular formula is C14H10F6. The minimum absolute atomic E-state index is 0.0495. The molecule has 0 nitrogen and oxygen atoms in total. The minimum atomic E-state index is -4.75. The van der Waals surface area contributed by atoms with E-state index in [1.54, 1.807) is 18.2 Å². The van der Waals surface area contributed by atoms with Crippen LogP contribution in [-0.2, 0) is 0 Å². The summed E-state index contributed by atoms with van der Waals surface area (Å²) in [6.07, 6.45) is -8.87. The third-order valence-corrected chi connectivity index (χ3v) is 3.04. The second-order valence-corrected chi connectivity index (χ2v) is 4.51. The first-order valence-corrected chi connectivity index (χ1v) is 5.79. The van der Waals surface area contributed by atoms with Crippen LogP contribution in [0, 0.1) is 5.92 Å². The molecule has 2 rings (SSSR count). The van der Waals surface area contributed by atoms with Crippen molar-refractivity contribution in [3.05, 3.63) is 53.6 Å². The van der Waals surface area contributed by atoms with Gasteiger partial charge in [0.2, 0.25) is 0 Å². The Morgan fingerprint density at radius 2 is 1.50 bits per heavy atom. The van der Waals surface area contributed by atoms with E-state index in [0.29, 0.717) is 5.56 Å². The summed E-state index contributed by atoms with van der Waals surface area (Å²) < 4.78 is 76.4. The molecule has 20 heavy (non-hydrogen) atoms. The lowest BCUT2D eigenvalue weighted by Gasteiger charge is -2.25. The Morgan fingerprint density at radius 1 is 0.900 bits per heavy atom. The number of hydrogen-bond acceptors (Lipinski definition) is 0. The van der Waals surface area contributed by atoms with Crippen molar-refractivity contribution in [3.8, 4) is 0 Å². The summed E-state index contributed by atoms with van der Waals surface area (Å²) in [4.78, 5) is 0. The zero-order valence-corrected chi connectivity index (χ0v) is 10.1. The molecule has 1 atom stereocenters. The molecule has 0 fully saturated rings. The largest absolute Gasteiger partial charge is 0.412 e. The maximum atomic E-state index is 12.8. The zero-order valence-electron chi connectivity index (χ0n) is 10.1. The standard InChI is InChI=1S/C14H10F6/c15-13(16,17)11-6-10(9-4-2-1-3-5-9)7-12(8-11)14(18,19)20/h1-7,11H,8H2. The Balaban J connectivity index is 2.46. The van der Waals surface area contributed by atoms with E-state index in [1.807, 2.05) is 0 Å². The van der Waals surface area contributed by atoms with Gasteiger partial charge in [-0.05, 0) is 23.6 Å². The molecule has 0 saturated carbocycles. The van der Waals surface area contributed by atoms with Gasteiger partial charge in [-0.15, -0.1) is 0 Å². The van der Waals surface area contributed by atoms with Crippen molar-refractivity contribution in [3.63, 3.8) is 0 Å². The summed E-state index contributed by atoms with van der Waals surface area (Å²) in [6.45, 7) is 0. The molecule has 1 aliphatic rings. The Morgan fingerprint density at radius 3 is 2.00 bits per heavy atom. The summed E-state index contributed by atoms with van der Waals surface area (Å²) in [6, 6.07) is 7.73. The van der Waals surface area contributed by atoms with Crippen molar-refractivity contribution in [2.75, 3.05) is 0 Å². The smallest absolute Gasteiger partial charge is 0.170 e. The van der Waals surface area contributed by atoms with E-state index in [0.717, 1.165) is 12.2 Å². The first kappa shape index (κ1) is 14.7. The number of allylic oxidation sites excluding steroid dienone is 4. The van der Waals surface area contributed by atoms with E-state index in [9.17, 15) is 26.3 Å². The van der Waals surface area contributed by atoms with Gasteiger partial charge in [0.25, 0.3) is 0 Å². The molecule has 0 heterocycles. The second kappa shape index (κ2) is 5.00. The molecule has 1 aromatic rings. The summed E-state index contributed by atoms with van der Waals surface area (Å²) >= 11 is 0. The van der Waals surface area contributed by atoms with Crippen molar-refractivity contribution in [2.45, 2.75) is 18.8 Å². The van der Waals surface area contributed by atoms with Crippen LogP contribution < -0.4 is 0 Å². The number of benzene rings is 1. The van der Waals surface area contributed by atoms with Gasteiger partial charge in [0, 0.05) is 5.57 Å². The van der Waals surface area contributed by atoms with Crippen molar-refractivity contribution >= 4 is 5.57 Å². The molecule has 0 spiro atoms. The quantitative estimate of drug-likeness (QED) is 0.629. The van der Waals surface area contributed by atoms with E-state index in [4.69, 9.17) is 0 Å². The van der Waals surface area contributed by atoms with Crippen LogP contribution in [-0.4, -0.2) is 12.4 Å². The summed E-state index contributed by atoms with van der Waals surface area (Å²) in [5, 5.41) is 0. The monoisotopic (exact) mass is 292 g/mol. The molecule has 6 heteroatoms. The summed E-state index contributed by atoms with van der Waals surface area (Å²) in [5.41, 5.74) is -0.865. The van der Waals surface area contributed by atoms with Crippen molar-refractivity contribution in [1.82, 2.24) is 0 Å². The summed E-state index contributed by atoms with van der Waals surface area (Å²) in [7, 11) is 0. The Kier molecular flexibility index (Phi) is 3.67. The fourth-order valence-electron chi connectivity index (χ4n) is 2.03. The first-order valence-electron chi connectivity index (χ1n) is 5.79. The van der Waals surface area contributed by atoms with Gasteiger partial charge in [0.05, 0.1) is 5.92 Å².